The first kappa shape index (κ1) is 16.0. The molecule has 3 aromatic rings. The van der Waals surface area contributed by atoms with Gasteiger partial charge in [-0.05, 0) is 11.6 Å². The van der Waals surface area contributed by atoms with Crippen LogP contribution in [0, 0.1) is 0 Å². The predicted octanol–water partition coefficient (Wildman–Crippen LogP) is 0.366. The van der Waals surface area contributed by atoms with Crippen molar-refractivity contribution in [2.75, 3.05) is 5.73 Å². The number of nitrogen functional groups attached to an aromatic ring is 1. The Bertz CT molecular complexity index is 885. The van der Waals surface area contributed by atoms with E-state index in [4.69, 9.17) is 10.5 Å². The van der Waals surface area contributed by atoms with Crippen molar-refractivity contribution in [3.63, 3.8) is 0 Å². The van der Waals surface area contributed by atoms with Crippen LogP contribution in [-0.2, 0) is 4.74 Å². The molecular formula is C17H18N4O4. The molecule has 0 saturated carbocycles. The van der Waals surface area contributed by atoms with Crippen molar-refractivity contribution < 1.29 is 20.1 Å². The van der Waals surface area contributed by atoms with Crippen molar-refractivity contribution in [1.29, 1.82) is 0 Å². The van der Waals surface area contributed by atoms with E-state index >= 15 is 0 Å². The topological polar surface area (TPSA) is 127 Å². The van der Waals surface area contributed by atoms with E-state index in [9.17, 15) is 15.3 Å². The first-order valence-corrected chi connectivity index (χ1v) is 7.89. The smallest absolute Gasteiger partial charge is 0.164 e. The van der Waals surface area contributed by atoms with Crippen LogP contribution in [0.25, 0.3) is 11.0 Å². The predicted molar refractivity (Wildman–Crippen MR) is 89.3 cm³/mol. The van der Waals surface area contributed by atoms with Gasteiger partial charge in [0, 0.05) is 6.20 Å². The standard InChI is InChI=1S/C17H18N4O4/c18-15-10-6-7-21(16(10)20-8-19-15)17-13(24)12(23)14(25-17)11(22)9-4-2-1-3-5-9/h1-8,11-14,17,22-24H,(H2,18,19,20)/t11-,12+,13-,14-,17-/m1/s1. The maximum Gasteiger partial charge on any atom is 0.164 e. The van der Waals surface area contributed by atoms with E-state index in [0.29, 0.717) is 22.4 Å². The van der Waals surface area contributed by atoms with Crippen LogP contribution in [-0.4, -0.2) is 48.2 Å². The molecule has 2 aromatic heterocycles. The zero-order valence-corrected chi connectivity index (χ0v) is 13.2. The van der Waals surface area contributed by atoms with E-state index in [2.05, 4.69) is 9.97 Å². The van der Waals surface area contributed by atoms with Crippen LogP contribution in [0.5, 0.6) is 0 Å². The fraction of sp³-hybridized carbons (Fsp3) is 0.294. The minimum Gasteiger partial charge on any atom is -0.387 e. The Kier molecular flexibility index (Phi) is 3.89. The second kappa shape index (κ2) is 6.08. The van der Waals surface area contributed by atoms with E-state index < -0.39 is 30.6 Å². The molecule has 4 rings (SSSR count). The minimum absolute atomic E-state index is 0.317. The fourth-order valence-corrected chi connectivity index (χ4v) is 3.21. The monoisotopic (exact) mass is 342 g/mol. The van der Waals surface area contributed by atoms with Gasteiger partial charge in [-0.3, -0.25) is 0 Å². The molecular weight excluding hydrogens is 324 g/mol. The van der Waals surface area contributed by atoms with Crippen LogP contribution in [0.1, 0.15) is 17.9 Å². The van der Waals surface area contributed by atoms with Crippen LogP contribution in [0.15, 0.2) is 48.9 Å². The molecule has 5 N–H and O–H groups in total. The SMILES string of the molecule is Nc1ncnc2c1ccn2[C@@H]1O[C@H]([C@H](O)c2ccccc2)[C@@H](O)[C@H]1O. The third kappa shape index (κ3) is 2.56. The number of aliphatic hydroxyl groups is 3. The summed E-state index contributed by atoms with van der Waals surface area (Å²) >= 11 is 0. The lowest BCUT2D eigenvalue weighted by molar-refractivity contribution is -0.0848. The number of nitrogens with zero attached hydrogens (tertiary/aromatic N) is 3. The summed E-state index contributed by atoms with van der Waals surface area (Å²) in [5.74, 6) is 0.317. The van der Waals surface area contributed by atoms with Crippen molar-refractivity contribution in [3.8, 4) is 0 Å². The molecule has 0 spiro atoms. The lowest BCUT2D eigenvalue weighted by Crippen LogP contribution is -2.34. The quantitative estimate of drug-likeness (QED) is 0.541. The molecule has 5 atom stereocenters. The number of aromatic nitrogens is 3. The number of ether oxygens (including phenoxy) is 1. The summed E-state index contributed by atoms with van der Waals surface area (Å²) in [5, 5.41) is 32.0. The Morgan fingerprint density at radius 1 is 1.08 bits per heavy atom. The van der Waals surface area contributed by atoms with Gasteiger partial charge in [0.1, 0.15) is 42.2 Å². The molecule has 1 aromatic carbocycles. The summed E-state index contributed by atoms with van der Waals surface area (Å²) in [6.45, 7) is 0. The summed E-state index contributed by atoms with van der Waals surface area (Å²) in [6, 6.07) is 10.6. The molecule has 1 fully saturated rings. The lowest BCUT2D eigenvalue weighted by Gasteiger charge is -2.21. The van der Waals surface area contributed by atoms with Crippen LogP contribution in [0.4, 0.5) is 5.82 Å². The molecule has 130 valence electrons. The van der Waals surface area contributed by atoms with E-state index in [1.807, 2.05) is 6.07 Å². The molecule has 8 nitrogen and oxygen atoms in total. The molecule has 1 saturated heterocycles. The third-order valence-corrected chi connectivity index (χ3v) is 4.54. The second-order valence-corrected chi connectivity index (χ2v) is 6.05. The highest BCUT2D eigenvalue weighted by molar-refractivity contribution is 5.86. The van der Waals surface area contributed by atoms with E-state index in [0.717, 1.165) is 0 Å². The van der Waals surface area contributed by atoms with Gasteiger partial charge in [-0.2, -0.15) is 0 Å². The van der Waals surface area contributed by atoms with Crippen LogP contribution in [0.3, 0.4) is 0 Å². The normalized spacial score (nSPS) is 27.6. The highest BCUT2D eigenvalue weighted by Crippen LogP contribution is 2.37. The van der Waals surface area contributed by atoms with Gasteiger partial charge in [0.25, 0.3) is 0 Å². The number of hydrogen-bond acceptors (Lipinski definition) is 7. The third-order valence-electron chi connectivity index (χ3n) is 4.54. The minimum atomic E-state index is -1.25. The zero-order valence-electron chi connectivity index (χ0n) is 13.2. The summed E-state index contributed by atoms with van der Waals surface area (Å²) in [5.41, 5.74) is 6.91. The summed E-state index contributed by atoms with van der Waals surface area (Å²) in [6.07, 6.45) is -2.44. The maximum atomic E-state index is 10.5. The number of aliphatic hydroxyl groups excluding tert-OH is 3. The highest BCUT2D eigenvalue weighted by atomic mass is 16.6. The van der Waals surface area contributed by atoms with Crippen LogP contribution < -0.4 is 5.73 Å². The Morgan fingerprint density at radius 2 is 1.84 bits per heavy atom. The van der Waals surface area contributed by atoms with Gasteiger partial charge < -0.3 is 30.4 Å². The summed E-state index contributed by atoms with van der Waals surface area (Å²) < 4.78 is 7.39. The van der Waals surface area contributed by atoms with Crippen LogP contribution in [0.2, 0.25) is 0 Å². The average molecular weight is 342 g/mol. The van der Waals surface area contributed by atoms with Crippen LogP contribution >= 0.6 is 0 Å². The van der Waals surface area contributed by atoms with Gasteiger partial charge >= 0.3 is 0 Å². The van der Waals surface area contributed by atoms with Gasteiger partial charge in [-0.1, -0.05) is 30.3 Å². The number of anilines is 1. The number of hydrogen-bond donors (Lipinski definition) is 4. The summed E-state index contributed by atoms with van der Waals surface area (Å²) in [7, 11) is 0. The Balaban J connectivity index is 1.67. The summed E-state index contributed by atoms with van der Waals surface area (Å²) in [4.78, 5) is 8.10. The van der Waals surface area contributed by atoms with Gasteiger partial charge in [-0.25, -0.2) is 9.97 Å². The zero-order chi connectivity index (χ0) is 17.6. The van der Waals surface area contributed by atoms with E-state index in [-0.39, 0.29) is 0 Å². The highest BCUT2D eigenvalue weighted by Gasteiger charge is 2.47. The molecule has 0 radical (unpaired) electrons. The molecule has 1 aliphatic rings. The molecule has 3 heterocycles. The molecule has 0 amide bonds. The van der Waals surface area contributed by atoms with Crippen molar-refractivity contribution in [2.45, 2.75) is 30.6 Å². The molecule has 0 bridgehead atoms. The molecule has 0 aliphatic carbocycles. The fourth-order valence-electron chi connectivity index (χ4n) is 3.21. The molecule has 0 unspecified atom stereocenters. The van der Waals surface area contributed by atoms with E-state index in [1.54, 1.807) is 41.1 Å². The lowest BCUT2D eigenvalue weighted by atomic mass is 9.99. The van der Waals surface area contributed by atoms with Gasteiger partial charge in [0.05, 0.1) is 5.39 Å². The maximum absolute atomic E-state index is 10.5. The molecule has 25 heavy (non-hydrogen) atoms. The Labute approximate surface area is 143 Å². The Morgan fingerprint density at radius 3 is 2.60 bits per heavy atom. The van der Waals surface area contributed by atoms with Crippen molar-refractivity contribution >= 4 is 16.9 Å². The van der Waals surface area contributed by atoms with Gasteiger partial charge in [-0.15, -0.1) is 0 Å². The first-order chi connectivity index (χ1) is 12.1. The molecule has 8 heteroatoms. The van der Waals surface area contributed by atoms with Crippen molar-refractivity contribution in [3.05, 3.63) is 54.5 Å². The number of nitrogens with two attached hydrogens (primary N) is 1. The Hall–Kier alpha value is -2.52. The number of benzene rings is 1. The van der Waals surface area contributed by atoms with Gasteiger partial charge in [0.2, 0.25) is 0 Å². The number of fused-ring (bicyclic) bond motifs is 1. The van der Waals surface area contributed by atoms with E-state index in [1.165, 1.54) is 6.33 Å². The first-order valence-electron chi connectivity index (χ1n) is 7.89. The second-order valence-electron chi connectivity index (χ2n) is 6.05. The molecule has 1 aliphatic heterocycles. The van der Waals surface area contributed by atoms with Crippen molar-refractivity contribution in [2.24, 2.45) is 0 Å². The van der Waals surface area contributed by atoms with Gasteiger partial charge in [0.15, 0.2) is 6.23 Å². The number of rotatable bonds is 3. The largest absolute Gasteiger partial charge is 0.387 e. The average Bonchev–Trinajstić information content (AvgIpc) is 3.18. The van der Waals surface area contributed by atoms with Crippen molar-refractivity contribution in [1.82, 2.24) is 14.5 Å².